The Morgan fingerprint density at radius 1 is 1.43 bits per heavy atom. The molecule has 74 valence electrons. The van der Waals surface area contributed by atoms with Gasteiger partial charge in [-0.25, -0.2) is 0 Å². The highest BCUT2D eigenvalue weighted by Gasteiger charge is 2.28. The molecule has 1 aromatic heterocycles. The number of nitrogens with one attached hydrogen (secondary N) is 1. The van der Waals surface area contributed by atoms with Crippen LogP contribution in [-0.2, 0) is 4.79 Å². The van der Waals surface area contributed by atoms with Gasteiger partial charge in [-0.15, -0.1) is 11.6 Å². The number of H-pyrrole nitrogens is 1. The number of amides is 1. The van der Waals surface area contributed by atoms with Crippen molar-refractivity contribution in [3.63, 3.8) is 0 Å². The predicted molar refractivity (Wildman–Crippen MR) is 53.7 cm³/mol. The van der Waals surface area contributed by atoms with Crippen molar-refractivity contribution < 1.29 is 4.79 Å². The van der Waals surface area contributed by atoms with Crippen molar-refractivity contribution in [3.05, 3.63) is 28.7 Å². The molecule has 1 aliphatic rings. The molecule has 1 N–H and O–H groups in total. The monoisotopic (exact) mass is 212 g/mol. The Balaban J connectivity index is 2.27. The fraction of sp³-hybridized carbons (Fsp3) is 0.333. The van der Waals surface area contributed by atoms with Crippen LogP contribution in [0.5, 0.6) is 0 Å². The van der Waals surface area contributed by atoms with Gasteiger partial charge in [0.15, 0.2) is 0 Å². The van der Waals surface area contributed by atoms with E-state index in [1.807, 2.05) is 0 Å². The first-order valence-corrected chi connectivity index (χ1v) is 4.73. The number of alkyl halides is 1. The molecule has 1 saturated heterocycles. The number of aromatic nitrogens is 1. The summed E-state index contributed by atoms with van der Waals surface area (Å²) < 4.78 is 0. The van der Waals surface area contributed by atoms with Crippen molar-refractivity contribution in [2.24, 2.45) is 0 Å². The molecular formula is C9H9ClN2O2. The maximum absolute atomic E-state index is 11.4. The number of halogens is 1. The van der Waals surface area contributed by atoms with Gasteiger partial charge in [0, 0.05) is 25.2 Å². The Hall–Kier alpha value is -1.29. The third-order valence-electron chi connectivity index (χ3n) is 2.16. The maximum atomic E-state index is 11.4. The number of hydrogen-bond acceptors (Lipinski definition) is 2. The fourth-order valence-electron chi connectivity index (χ4n) is 1.48. The zero-order valence-corrected chi connectivity index (χ0v) is 8.12. The van der Waals surface area contributed by atoms with Crippen molar-refractivity contribution in [3.8, 4) is 0 Å². The molecule has 0 saturated carbocycles. The number of hydrogen-bond donors (Lipinski definition) is 1. The van der Waals surface area contributed by atoms with Crippen LogP contribution in [0.4, 0.5) is 5.69 Å². The van der Waals surface area contributed by atoms with E-state index in [2.05, 4.69) is 4.98 Å². The van der Waals surface area contributed by atoms with E-state index in [0.29, 0.717) is 18.7 Å². The van der Waals surface area contributed by atoms with Crippen LogP contribution in [0.2, 0.25) is 0 Å². The molecule has 1 amide bonds. The molecule has 5 heteroatoms. The van der Waals surface area contributed by atoms with E-state index in [0.717, 1.165) is 0 Å². The van der Waals surface area contributed by atoms with Gasteiger partial charge in [0.2, 0.25) is 11.5 Å². The summed E-state index contributed by atoms with van der Waals surface area (Å²) in [7, 11) is 0. The lowest BCUT2D eigenvalue weighted by Gasteiger charge is -2.14. The molecule has 1 atom stereocenters. The zero-order chi connectivity index (χ0) is 10.1. The Labute approximate surface area is 85.5 Å². The number of carbonyl (C=O) groups is 1. The fourth-order valence-corrected chi connectivity index (χ4v) is 1.75. The lowest BCUT2D eigenvalue weighted by atomic mass is 10.4. The SMILES string of the molecule is O=C1CC(Cl)CN1c1ccc(=O)[nH]c1. The lowest BCUT2D eigenvalue weighted by molar-refractivity contribution is -0.117. The zero-order valence-electron chi connectivity index (χ0n) is 7.37. The average molecular weight is 213 g/mol. The minimum Gasteiger partial charge on any atom is -0.327 e. The predicted octanol–water partition coefficient (Wildman–Crippen LogP) is 0.719. The molecule has 0 bridgehead atoms. The van der Waals surface area contributed by atoms with E-state index in [9.17, 15) is 9.59 Å². The van der Waals surface area contributed by atoms with Gasteiger partial charge in [-0.1, -0.05) is 0 Å². The van der Waals surface area contributed by atoms with Gasteiger partial charge in [-0.05, 0) is 6.07 Å². The first-order valence-electron chi connectivity index (χ1n) is 4.30. The molecule has 0 aromatic carbocycles. The molecule has 14 heavy (non-hydrogen) atoms. The van der Waals surface area contributed by atoms with E-state index in [1.54, 1.807) is 11.0 Å². The van der Waals surface area contributed by atoms with Crippen molar-refractivity contribution in [1.82, 2.24) is 4.98 Å². The molecular weight excluding hydrogens is 204 g/mol. The van der Waals surface area contributed by atoms with Gasteiger partial charge in [0.05, 0.1) is 11.1 Å². The van der Waals surface area contributed by atoms with Crippen LogP contribution in [-0.4, -0.2) is 22.8 Å². The summed E-state index contributed by atoms with van der Waals surface area (Å²) in [5.74, 6) is -0.00273. The standard InChI is InChI=1S/C9H9ClN2O2/c10-6-3-9(14)12(5-6)7-1-2-8(13)11-4-7/h1-2,4,6H,3,5H2,(H,11,13). The highest BCUT2D eigenvalue weighted by molar-refractivity contribution is 6.24. The normalized spacial score (nSPS) is 21.6. The second-order valence-corrected chi connectivity index (χ2v) is 3.83. The summed E-state index contributed by atoms with van der Waals surface area (Å²) >= 11 is 5.85. The van der Waals surface area contributed by atoms with E-state index in [-0.39, 0.29) is 16.8 Å². The van der Waals surface area contributed by atoms with Gasteiger partial charge >= 0.3 is 0 Å². The van der Waals surface area contributed by atoms with Crippen LogP contribution in [0.25, 0.3) is 0 Å². The highest BCUT2D eigenvalue weighted by Crippen LogP contribution is 2.22. The molecule has 1 unspecified atom stereocenters. The van der Waals surface area contributed by atoms with Gasteiger partial charge in [-0.3, -0.25) is 9.59 Å². The van der Waals surface area contributed by atoms with Crippen molar-refractivity contribution >= 4 is 23.2 Å². The lowest BCUT2D eigenvalue weighted by Crippen LogP contribution is -2.25. The summed E-state index contributed by atoms with van der Waals surface area (Å²) in [5.41, 5.74) is 0.514. The Morgan fingerprint density at radius 3 is 2.71 bits per heavy atom. The summed E-state index contributed by atoms with van der Waals surface area (Å²) in [5, 5.41) is -0.130. The Kier molecular flexibility index (Phi) is 2.29. The highest BCUT2D eigenvalue weighted by atomic mass is 35.5. The number of nitrogens with zero attached hydrogens (tertiary/aromatic N) is 1. The van der Waals surface area contributed by atoms with E-state index >= 15 is 0 Å². The first-order chi connectivity index (χ1) is 6.66. The third-order valence-corrected chi connectivity index (χ3v) is 2.45. The third kappa shape index (κ3) is 1.65. The van der Waals surface area contributed by atoms with Crippen LogP contribution in [0, 0.1) is 0 Å². The smallest absolute Gasteiger partial charge is 0.248 e. The summed E-state index contributed by atoms with van der Waals surface area (Å²) in [6.07, 6.45) is 1.88. The second kappa shape index (κ2) is 3.46. The van der Waals surface area contributed by atoms with Crippen LogP contribution in [0.1, 0.15) is 6.42 Å². The average Bonchev–Trinajstić information content (AvgIpc) is 2.47. The molecule has 2 rings (SSSR count). The van der Waals surface area contributed by atoms with E-state index in [1.165, 1.54) is 12.3 Å². The van der Waals surface area contributed by atoms with Crippen LogP contribution < -0.4 is 10.5 Å². The molecule has 0 radical (unpaired) electrons. The molecule has 1 fully saturated rings. The minimum atomic E-state index is -0.178. The Bertz CT molecular complexity index is 395. The molecule has 4 nitrogen and oxygen atoms in total. The molecule has 2 heterocycles. The quantitative estimate of drug-likeness (QED) is 0.698. The van der Waals surface area contributed by atoms with Gasteiger partial charge in [0.25, 0.3) is 0 Å². The van der Waals surface area contributed by atoms with Crippen molar-refractivity contribution in [1.29, 1.82) is 0 Å². The Morgan fingerprint density at radius 2 is 2.21 bits per heavy atom. The number of rotatable bonds is 1. The molecule has 1 aliphatic heterocycles. The maximum Gasteiger partial charge on any atom is 0.248 e. The molecule has 0 aliphatic carbocycles. The van der Waals surface area contributed by atoms with E-state index in [4.69, 9.17) is 11.6 Å². The van der Waals surface area contributed by atoms with Gasteiger partial charge in [0.1, 0.15) is 0 Å². The summed E-state index contributed by atoms with van der Waals surface area (Å²) in [6.45, 7) is 0.506. The largest absolute Gasteiger partial charge is 0.327 e. The van der Waals surface area contributed by atoms with Crippen LogP contribution >= 0.6 is 11.6 Å². The summed E-state index contributed by atoms with van der Waals surface area (Å²) in [6, 6.07) is 3.01. The van der Waals surface area contributed by atoms with Gasteiger partial charge in [-0.2, -0.15) is 0 Å². The van der Waals surface area contributed by atoms with E-state index < -0.39 is 0 Å². The minimum absolute atomic E-state index is 0.00273. The number of pyridine rings is 1. The molecule has 1 aromatic rings. The number of aromatic amines is 1. The second-order valence-electron chi connectivity index (χ2n) is 3.22. The number of carbonyl (C=O) groups excluding carboxylic acids is 1. The van der Waals surface area contributed by atoms with Crippen molar-refractivity contribution in [2.45, 2.75) is 11.8 Å². The van der Waals surface area contributed by atoms with Crippen LogP contribution in [0.3, 0.4) is 0 Å². The summed E-state index contributed by atoms with van der Waals surface area (Å²) in [4.78, 5) is 26.3. The molecule has 0 spiro atoms. The van der Waals surface area contributed by atoms with Crippen molar-refractivity contribution in [2.75, 3.05) is 11.4 Å². The number of anilines is 1. The van der Waals surface area contributed by atoms with Gasteiger partial charge < -0.3 is 9.88 Å². The topological polar surface area (TPSA) is 53.2 Å². The first kappa shape index (κ1) is 9.27. The van der Waals surface area contributed by atoms with Crippen LogP contribution in [0.15, 0.2) is 23.1 Å².